The second kappa shape index (κ2) is 7.33. The summed E-state index contributed by atoms with van der Waals surface area (Å²) in [5.74, 6) is 1.02. The molecule has 0 fully saturated rings. The smallest absolute Gasteiger partial charge is 0.0331 e. The van der Waals surface area contributed by atoms with Crippen LogP contribution in [-0.2, 0) is 6.42 Å². The van der Waals surface area contributed by atoms with Gasteiger partial charge in [-0.25, -0.2) is 0 Å². The average Bonchev–Trinajstić information content (AvgIpc) is 2.91. The highest BCUT2D eigenvalue weighted by atomic mass is 32.1. The Morgan fingerprint density at radius 3 is 2.65 bits per heavy atom. The lowest BCUT2D eigenvalue weighted by molar-refractivity contribution is 0.107. The molecule has 114 valence electrons. The number of fused-ring (bicyclic) bond motifs is 1. The van der Waals surface area contributed by atoms with Crippen LogP contribution in [0.3, 0.4) is 0 Å². The normalized spacial score (nSPS) is 20.1. The number of rotatable bonds is 7. The first-order valence-electron chi connectivity index (χ1n) is 8.07. The monoisotopic (exact) mass is 311 g/mol. The summed E-state index contributed by atoms with van der Waals surface area (Å²) in [4.78, 5) is 4.31. The predicted molar refractivity (Wildman–Crippen MR) is 94.1 cm³/mol. The molecule has 0 saturated carbocycles. The summed E-state index contributed by atoms with van der Waals surface area (Å²) in [6.45, 7) is 9.44. The Balaban J connectivity index is 2.11. The molecule has 0 saturated heterocycles. The topological polar surface area (TPSA) is 3.24 Å². The Morgan fingerprint density at radius 1 is 1.35 bits per heavy atom. The van der Waals surface area contributed by atoms with Gasteiger partial charge in [-0.2, -0.15) is 12.6 Å². The summed E-state index contributed by atoms with van der Waals surface area (Å²) in [6, 6.07) is 2.91. The fourth-order valence-electron chi connectivity index (χ4n) is 3.76. The first kappa shape index (κ1) is 16.4. The minimum absolute atomic E-state index is 0.411. The van der Waals surface area contributed by atoms with E-state index >= 15 is 0 Å². The zero-order valence-corrected chi connectivity index (χ0v) is 14.9. The molecule has 20 heavy (non-hydrogen) atoms. The fourth-order valence-corrected chi connectivity index (χ4v) is 5.14. The molecule has 0 aromatic carbocycles. The molecule has 2 rings (SSSR count). The van der Waals surface area contributed by atoms with Gasteiger partial charge < -0.3 is 0 Å². The maximum absolute atomic E-state index is 4.72. The zero-order valence-electron chi connectivity index (χ0n) is 13.2. The van der Waals surface area contributed by atoms with Crippen LogP contribution in [0.5, 0.6) is 0 Å². The van der Waals surface area contributed by atoms with Crippen molar-refractivity contribution in [2.24, 2.45) is 5.41 Å². The molecule has 1 atom stereocenters. The highest BCUT2D eigenvalue weighted by Gasteiger charge is 2.33. The largest absolute Gasteiger partial charge is 0.296 e. The van der Waals surface area contributed by atoms with Gasteiger partial charge in [-0.3, -0.25) is 4.90 Å². The van der Waals surface area contributed by atoms with Gasteiger partial charge in [0.05, 0.1) is 0 Å². The van der Waals surface area contributed by atoms with Crippen LogP contribution >= 0.6 is 24.0 Å². The zero-order chi connectivity index (χ0) is 14.6. The van der Waals surface area contributed by atoms with E-state index in [0.717, 1.165) is 5.75 Å². The van der Waals surface area contributed by atoms with E-state index in [1.54, 1.807) is 10.4 Å². The van der Waals surface area contributed by atoms with Gasteiger partial charge in [-0.1, -0.05) is 26.7 Å². The minimum atomic E-state index is 0.411. The molecule has 0 radical (unpaired) electrons. The Kier molecular flexibility index (Phi) is 6.00. The third-order valence-electron chi connectivity index (χ3n) is 4.84. The summed E-state index contributed by atoms with van der Waals surface area (Å²) in [7, 11) is 0. The molecular weight excluding hydrogens is 282 g/mol. The third kappa shape index (κ3) is 3.42. The Bertz CT molecular complexity index is 407. The molecule has 1 aromatic heterocycles. The number of thiophene rings is 1. The Labute approximate surface area is 134 Å². The second-order valence-electron chi connectivity index (χ2n) is 6.35. The van der Waals surface area contributed by atoms with Crippen molar-refractivity contribution in [2.75, 3.05) is 18.8 Å². The predicted octanol–water partition coefficient (Wildman–Crippen LogP) is 5.18. The van der Waals surface area contributed by atoms with Crippen molar-refractivity contribution in [1.82, 2.24) is 4.90 Å². The molecule has 0 N–H and O–H groups in total. The molecule has 1 nitrogen and oxygen atoms in total. The SMILES string of the molecule is CCCC(CS)(CCC)CN1CCc2sccc2C1C. The van der Waals surface area contributed by atoms with Crippen molar-refractivity contribution < 1.29 is 0 Å². The summed E-state index contributed by atoms with van der Waals surface area (Å²) >= 11 is 6.65. The standard InChI is InChI=1S/C17H29NS2/c1-4-8-17(13-19,9-5-2)12-18-10-6-16-15(14(18)3)7-11-20-16/h7,11,14,19H,4-6,8-10,12-13H2,1-3H3. The van der Waals surface area contributed by atoms with Gasteiger partial charge in [-0.15, -0.1) is 11.3 Å². The minimum Gasteiger partial charge on any atom is -0.296 e. The Hall–Kier alpha value is 0.0100. The number of hydrogen-bond donors (Lipinski definition) is 1. The van der Waals surface area contributed by atoms with E-state index in [9.17, 15) is 0 Å². The van der Waals surface area contributed by atoms with Crippen LogP contribution < -0.4 is 0 Å². The molecule has 1 aliphatic heterocycles. The first-order chi connectivity index (χ1) is 9.65. The van der Waals surface area contributed by atoms with E-state index in [1.807, 2.05) is 11.3 Å². The molecule has 0 bridgehead atoms. The van der Waals surface area contributed by atoms with E-state index in [4.69, 9.17) is 12.6 Å². The number of thiol groups is 1. The Morgan fingerprint density at radius 2 is 2.05 bits per heavy atom. The lowest BCUT2D eigenvalue weighted by atomic mass is 9.79. The van der Waals surface area contributed by atoms with Gasteiger partial charge in [0.15, 0.2) is 0 Å². The van der Waals surface area contributed by atoms with Crippen LogP contribution in [0, 0.1) is 5.41 Å². The van der Waals surface area contributed by atoms with Gasteiger partial charge >= 0.3 is 0 Å². The number of hydrogen-bond acceptors (Lipinski definition) is 3. The summed E-state index contributed by atoms with van der Waals surface area (Å²) in [5, 5.41) is 2.26. The van der Waals surface area contributed by atoms with Crippen LogP contribution in [0.2, 0.25) is 0 Å². The van der Waals surface area contributed by atoms with E-state index < -0.39 is 0 Å². The molecule has 0 amide bonds. The molecule has 1 aromatic rings. The third-order valence-corrected chi connectivity index (χ3v) is 6.51. The molecule has 3 heteroatoms. The molecular formula is C17H29NS2. The van der Waals surface area contributed by atoms with Crippen molar-refractivity contribution in [1.29, 1.82) is 0 Å². The molecule has 1 aliphatic rings. The van der Waals surface area contributed by atoms with Gasteiger partial charge in [-0.05, 0) is 54.4 Å². The van der Waals surface area contributed by atoms with Crippen LogP contribution in [0.4, 0.5) is 0 Å². The van der Waals surface area contributed by atoms with E-state index in [-0.39, 0.29) is 0 Å². The summed E-state index contributed by atoms with van der Waals surface area (Å²) < 4.78 is 0. The van der Waals surface area contributed by atoms with Crippen molar-refractivity contribution in [3.8, 4) is 0 Å². The van der Waals surface area contributed by atoms with Crippen molar-refractivity contribution >= 4 is 24.0 Å². The van der Waals surface area contributed by atoms with E-state index in [2.05, 4.69) is 37.1 Å². The second-order valence-corrected chi connectivity index (χ2v) is 7.67. The van der Waals surface area contributed by atoms with E-state index in [1.165, 1.54) is 45.2 Å². The first-order valence-corrected chi connectivity index (χ1v) is 9.58. The van der Waals surface area contributed by atoms with E-state index in [0.29, 0.717) is 11.5 Å². The lowest BCUT2D eigenvalue weighted by Crippen LogP contribution is -2.43. The van der Waals surface area contributed by atoms with Gasteiger partial charge in [0.1, 0.15) is 0 Å². The van der Waals surface area contributed by atoms with Crippen molar-refractivity contribution in [2.45, 2.75) is 58.9 Å². The van der Waals surface area contributed by atoms with Gasteiger partial charge in [0.2, 0.25) is 0 Å². The maximum Gasteiger partial charge on any atom is 0.0331 e. The van der Waals surface area contributed by atoms with Gasteiger partial charge in [0, 0.05) is 24.0 Å². The summed E-state index contributed by atoms with van der Waals surface area (Å²) in [5.41, 5.74) is 1.98. The fraction of sp³-hybridized carbons (Fsp3) is 0.765. The molecule has 0 aliphatic carbocycles. The van der Waals surface area contributed by atoms with Crippen LogP contribution in [0.25, 0.3) is 0 Å². The van der Waals surface area contributed by atoms with Crippen LogP contribution in [0.1, 0.15) is 62.9 Å². The summed E-state index contributed by atoms with van der Waals surface area (Å²) in [6.07, 6.45) is 6.39. The number of nitrogens with zero attached hydrogens (tertiary/aromatic N) is 1. The average molecular weight is 312 g/mol. The quantitative estimate of drug-likeness (QED) is 0.679. The lowest BCUT2D eigenvalue weighted by Gasteiger charge is -2.42. The molecule has 1 unspecified atom stereocenters. The van der Waals surface area contributed by atoms with Crippen molar-refractivity contribution in [3.63, 3.8) is 0 Å². The van der Waals surface area contributed by atoms with Gasteiger partial charge in [0.25, 0.3) is 0 Å². The van der Waals surface area contributed by atoms with Crippen LogP contribution in [0.15, 0.2) is 11.4 Å². The highest BCUT2D eigenvalue weighted by molar-refractivity contribution is 7.80. The molecule has 2 heterocycles. The molecule has 0 spiro atoms. The maximum atomic E-state index is 4.72. The highest BCUT2D eigenvalue weighted by Crippen LogP contribution is 2.38. The van der Waals surface area contributed by atoms with Crippen molar-refractivity contribution in [3.05, 3.63) is 21.9 Å². The van der Waals surface area contributed by atoms with Crippen LogP contribution in [-0.4, -0.2) is 23.7 Å².